The average Bonchev–Trinajstić information content (AvgIpc) is 2.53. The van der Waals surface area contributed by atoms with Crippen LogP contribution in [-0.2, 0) is 9.47 Å². The van der Waals surface area contributed by atoms with Crippen molar-refractivity contribution >= 4 is 16.3 Å². The van der Waals surface area contributed by atoms with Crippen LogP contribution in [0.5, 0.6) is 0 Å². The number of ether oxygens (including phenoxy) is 2. The highest BCUT2D eigenvalue weighted by Gasteiger charge is 2.15. The monoisotopic (exact) mass is 215 g/mol. The molecular formula is C10H17NO2S. The number of thiophene rings is 1. The molecule has 1 N–H and O–H groups in total. The quantitative estimate of drug-likeness (QED) is 0.765. The first-order valence-corrected chi connectivity index (χ1v) is 5.37. The molecule has 0 radical (unpaired) electrons. The summed E-state index contributed by atoms with van der Waals surface area (Å²) >= 11 is 1.73. The third-order valence-electron chi connectivity index (χ3n) is 1.98. The van der Waals surface area contributed by atoms with E-state index in [0.717, 1.165) is 5.00 Å². The Labute approximate surface area is 89.0 Å². The van der Waals surface area contributed by atoms with Crippen molar-refractivity contribution in [2.75, 3.05) is 19.5 Å². The van der Waals surface area contributed by atoms with Gasteiger partial charge in [-0.05, 0) is 26.0 Å². The lowest BCUT2D eigenvalue weighted by Gasteiger charge is -2.22. The fourth-order valence-electron chi connectivity index (χ4n) is 1.31. The van der Waals surface area contributed by atoms with E-state index in [-0.39, 0.29) is 12.3 Å². The Balaban J connectivity index is 2.51. The molecule has 1 aromatic rings. The van der Waals surface area contributed by atoms with Gasteiger partial charge in [-0.25, -0.2) is 0 Å². The first-order valence-electron chi connectivity index (χ1n) is 4.56. The van der Waals surface area contributed by atoms with Crippen molar-refractivity contribution in [3.8, 4) is 0 Å². The largest absolute Gasteiger partial charge is 0.369 e. The van der Waals surface area contributed by atoms with E-state index in [1.165, 1.54) is 4.88 Å². The smallest absolute Gasteiger partial charge is 0.176 e. The highest BCUT2D eigenvalue weighted by atomic mass is 32.1. The highest BCUT2D eigenvalue weighted by Crippen LogP contribution is 2.22. The molecular weight excluding hydrogens is 198 g/mol. The molecule has 0 aromatic carbocycles. The molecule has 0 amide bonds. The molecule has 1 atom stereocenters. The summed E-state index contributed by atoms with van der Waals surface area (Å²) in [5.41, 5.74) is 0. The van der Waals surface area contributed by atoms with Crippen molar-refractivity contribution in [1.82, 2.24) is 0 Å². The number of hydrogen-bond donors (Lipinski definition) is 1. The summed E-state index contributed by atoms with van der Waals surface area (Å²) in [5, 5.41) is 4.48. The molecule has 80 valence electrons. The molecule has 1 aromatic heterocycles. The van der Waals surface area contributed by atoms with Gasteiger partial charge in [-0.3, -0.25) is 0 Å². The van der Waals surface area contributed by atoms with Crippen molar-refractivity contribution in [1.29, 1.82) is 0 Å². The summed E-state index contributed by atoms with van der Waals surface area (Å²) in [4.78, 5) is 1.30. The Bertz CT molecular complexity index is 271. The van der Waals surface area contributed by atoms with E-state index in [1.54, 1.807) is 25.6 Å². The van der Waals surface area contributed by atoms with E-state index >= 15 is 0 Å². The summed E-state index contributed by atoms with van der Waals surface area (Å²) in [5.74, 6) is 0. The second kappa shape index (κ2) is 5.34. The molecule has 0 aliphatic carbocycles. The van der Waals surface area contributed by atoms with Crippen molar-refractivity contribution in [2.45, 2.75) is 26.2 Å². The van der Waals surface area contributed by atoms with Gasteiger partial charge in [0.05, 0.1) is 11.0 Å². The second-order valence-corrected chi connectivity index (χ2v) is 4.47. The maximum atomic E-state index is 5.16. The van der Waals surface area contributed by atoms with E-state index in [2.05, 4.69) is 24.4 Å². The fraction of sp³-hybridized carbons (Fsp3) is 0.600. The molecule has 0 spiro atoms. The predicted octanol–water partition coefficient (Wildman–Crippen LogP) is 2.48. The van der Waals surface area contributed by atoms with Gasteiger partial charge in [0.15, 0.2) is 6.29 Å². The zero-order chi connectivity index (χ0) is 10.6. The minimum absolute atomic E-state index is 0.142. The van der Waals surface area contributed by atoms with Crippen LogP contribution in [0.3, 0.4) is 0 Å². The first kappa shape index (κ1) is 11.5. The highest BCUT2D eigenvalue weighted by molar-refractivity contribution is 7.16. The number of rotatable bonds is 5. The van der Waals surface area contributed by atoms with Crippen LogP contribution in [0.4, 0.5) is 5.00 Å². The Morgan fingerprint density at radius 1 is 1.29 bits per heavy atom. The summed E-state index contributed by atoms with van der Waals surface area (Å²) in [6, 6.07) is 4.30. The Morgan fingerprint density at radius 3 is 2.36 bits per heavy atom. The van der Waals surface area contributed by atoms with Crippen molar-refractivity contribution in [3.05, 3.63) is 17.0 Å². The summed E-state index contributed by atoms with van der Waals surface area (Å²) < 4.78 is 10.3. The number of aryl methyl sites for hydroxylation is 1. The van der Waals surface area contributed by atoms with Crippen molar-refractivity contribution in [3.63, 3.8) is 0 Å². The Hall–Kier alpha value is -0.580. The average molecular weight is 215 g/mol. The van der Waals surface area contributed by atoms with E-state index in [1.807, 2.05) is 6.92 Å². The molecule has 0 fully saturated rings. The topological polar surface area (TPSA) is 30.5 Å². The number of methoxy groups -OCH3 is 2. The lowest BCUT2D eigenvalue weighted by Crippen LogP contribution is -2.33. The van der Waals surface area contributed by atoms with Crippen LogP contribution in [0.2, 0.25) is 0 Å². The van der Waals surface area contributed by atoms with Gasteiger partial charge in [0.2, 0.25) is 0 Å². The van der Waals surface area contributed by atoms with Crippen LogP contribution >= 0.6 is 11.3 Å². The van der Waals surface area contributed by atoms with Crippen LogP contribution < -0.4 is 5.32 Å². The molecule has 1 heterocycles. The zero-order valence-corrected chi connectivity index (χ0v) is 9.85. The first-order chi connectivity index (χ1) is 6.67. The van der Waals surface area contributed by atoms with Crippen LogP contribution in [0.1, 0.15) is 11.8 Å². The molecule has 0 saturated carbocycles. The molecule has 0 aliphatic rings. The van der Waals surface area contributed by atoms with E-state index in [4.69, 9.17) is 9.47 Å². The molecule has 14 heavy (non-hydrogen) atoms. The zero-order valence-electron chi connectivity index (χ0n) is 9.03. The molecule has 3 nitrogen and oxygen atoms in total. The van der Waals surface area contributed by atoms with E-state index in [9.17, 15) is 0 Å². The maximum Gasteiger partial charge on any atom is 0.176 e. The van der Waals surface area contributed by atoms with Crippen LogP contribution in [0, 0.1) is 6.92 Å². The Kier molecular flexibility index (Phi) is 4.38. The number of nitrogens with one attached hydrogen (secondary N) is 1. The van der Waals surface area contributed by atoms with Gasteiger partial charge >= 0.3 is 0 Å². The molecule has 1 unspecified atom stereocenters. The fourth-order valence-corrected chi connectivity index (χ4v) is 2.17. The third-order valence-corrected chi connectivity index (χ3v) is 2.92. The SMILES string of the molecule is COC(OC)C(C)Nc1ccc(C)s1. The molecule has 4 heteroatoms. The van der Waals surface area contributed by atoms with E-state index < -0.39 is 0 Å². The second-order valence-electron chi connectivity index (χ2n) is 3.18. The van der Waals surface area contributed by atoms with Crippen LogP contribution in [-0.4, -0.2) is 26.6 Å². The minimum atomic E-state index is -0.211. The summed E-state index contributed by atoms with van der Waals surface area (Å²) in [6.07, 6.45) is -0.211. The normalized spacial score (nSPS) is 13.2. The summed E-state index contributed by atoms with van der Waals surface area (Å²) in [6.45, 7) is 4.12. The molecule has 0 aliphatic heterocycles. The van der Waals surface area contributed by atoms with Gasteiger partial charge in [0.25, 0.3) is 0 Å². The molecule has 0 saturated heterocycles. The van der Waals surface area contributed by atoms with Gasteiger partial charge in [0, 0.05) is 19.1 Å². The standard InChI is InChI=1S/C10H17NO2S/c1-7-5-6-9(14-7)11-8(2)10(12-3)13-4/h5-6,8,10-11H,1-4H3. The number of anilines is 1. The van der Waals surface area contributed by atoms with Crippen molar-refractivity contribution in [2.24, 2.45) is 0 Å². The maximum absolute atomic E-state index is 5.16. The van der Waals surface area contributed by atoms with Crippen molar-refractivity contribution < 1.29 is 9.47 Å². The number of hydrogen-bond acceptors (Lipinski definition) is 4. The van der Waals surface area contributed by atoms with Gasteiger partial charge < -0.3 is 14.8 Å². The van der Waals surface area contributed by atoms with Gasteiger partial charge in [-0.2, -0.15) is 0 Å². The van der Waals surface area contributed by atoms with Crippen LogP contribution in [0.25, 0.3) is 0 Å². The predicted molar refractivity (Wildman–Crippen MR) is 59.9 cm³/mol. The van der Waals surface area contributed by atoms with Gasteiger partial charge in [-0.1, -0.05) is 0 Å². The molecule has 1 rings (SSSR count). The lowest BCUT2D eigenvalue weighted by molar-refractivity contribution is -0.109. The van der Waals surface area contributed by atoms with Gasteiger partial charge in [-0.15, -0.1) is 11.3 Å². The van der Waals surface area contributed by atoms with Gasteiger partial charge in [0.1, 0.15) is 0 Å². The van der Waals surface area contributed by atoms with E-state index in [0.29, 0.717) is 0 Å². The third kappa shape index (κ3) is 2.97. The molecule has 0 bridgehead atoms. The lowest BCUT2D eigenvalue weighted by atomic mass is 10.3. The summed E-state index contributed by atoms with van der Waals surface area (Å²) in [7, 11) is 3.29. The van der Waals surface area contributed by atoms with Crippen LogP contribution in [0.15, 0.2) is 12.1 Å². The Morgan fingerprint density at radius 2 is 1.93 bits per heavy atom. The minimum Gasteiger partial charge on any atom is -0.369 e.